The largest absolute Gasteiger partial charge is 0.496 e. The lowest BCUT2D eigenvalue weighted by Crippen LogP contribution is -2.31. The van der Waals surface area contributed by atoms with Crippen LogP contribution in [0.4, 0.5) is 13.2 Å². The number of nitrogens with zero attached hydrogens (tertiary/aromatic N) is 2. The smallest absolute Gasteiger partial charge is 0.442 e. The van der Waals surface area contributed by atoms with Crippen LogP contribution < -0.4 is 10.5 Å². The van der Waals surface area contributed by atoms with Crippen LogP contribution in [0.25, 0.3) is 0 Å². The van der Waals surface area contributed by atoms with Gasteiger partial charge in [-0.25, -0.2) is 0 Å². The Bertz CT molecular complexity index is 641. The van der Waals surface area contributed by atoms with Crippen molar-refractivity contribution in [1.29, 1.82) is 0 Å². The van der Waals surface area contributed by atoms with Gasteiger partial charge in [0.05, 0.1) is 14.2 Å². The summed E-state index contributed by atoms with van der Waals surface area (Å²) in [6.45, 7) is 0. The van der Waals surface area contributed by atoms with Crippen LogP contribution in [-0.4, -0.2) is 32.4 Å². The van der Waals surface area contributed by atoms with Crippen molar-refractivity contribution in [1.82, 2.24) is 0 Å². The molecule has 0 amide bonds. The molecule has 1 aliphatic rings. The number of nitrogens with two attached hydrogens (primary N) is 1. The van der Waals surface area contributed by atoms with Crippen LogP contribution in [0.5, 0.6) is 5.75 Å². The zero-order valence-electron chi connectivity index (χ0n) is 13.3. The minimum Gasteiger partial charge on any atom is -0.496 e. The molecule has 0 bridgehead atoms. The lowest BCUT2D eigenvalue weighted by Gasteiger charge is -2.17. The summed E-state index contributed by atoms with van der Waals surface area (Å²) in [7, 11) is 2.64. The standard InChI is InChI=1S/C15H18F3N3O3/c1-23-12-8-10(14(20-21-14)15(16,17)18)7-6-9(12)4-3-5-11(19)13(22)24-2/h6-8,11H,3-5,19H2,1-2H3/t11-/m1/s1. The van der Waals surface area contributed by atoms with Crippen molar-refractivity contribution in [2.45, 2.75) is 37.1 Å². The van der Waals surface area contributed by atoms with Gasteiger partial charge in [-0.15, -0.1) is 10.2 Å². The van der Waals surface area contributed by atoms with Crippen molar-refractivity contribution in [3.05, 3.63) is 29.3 Å². The van der Waals surface area contributed by atoms with E-state index in [-0.39, 0.29) is 5.56 Å². The van der Waals surface area contributed by atoms with Crippen LogP contribution in [0.1, 0.15) is 24.0 Å². The van der Waals surface area contributed by atoms with Gasteiger partial charge in [0.15, 0.2) is 0 Å². The molecule has 1 atom stereocenters. The summed E-state index contributed by atoms with van der Waals surface area (Å²) in [5, 5.41) is 6.34. The summed E-state index contributed by atoms with van der Waals surface area (Å²) < 4.78 is 48.8. The highest BCUT2D eigenvalue weighted by Gasteiger charge is 2.65. The number of carbonyl (C=O) groups is 1. The molecule has 6 nitrogen and oxygen atoms in total. The number of esters is 1. The van der Waals surface area contributed by atoms with Crippen molar-refractivity contribution >= 4 is 5.97 Å². The number of alkyl halides is 3. The van der Waals surface area contributed by atoms with E-state index in [1.54, 1.807) is 6.07 Å². The van der Waals surface area contributed by atoms with Gasteiger partial charge in [-0.05, 0) is 30.9 Å². The van der Waals surface area contributed by atoms with Crippen LogP contribution in [0.3, 0.4) is 0 Å². The van der Waals surface area contributed by atoms with Crippen molar-refractivity contribution in [3.63, 3.8) is 0 Å². The molecule has 2 N–H and O–H groups in total. The first-order valence-electron chi connectivity index (χ1n) is 7.26. The predicted molar refractivity (Wildman–Crippen MR) is 78.5 cm³/mol. The highest BCUT2D eigenvalue weighted by Crippen LogP contribution is 2.53. The molecule has 0 unspecified atom stereocenters. The molecule has 132 valence electrons. The van der Waals surface area contributed by atoms with Gasteiger partial charge < -0.3 is 15.2 Å². The number of aryl methyl sites for hydroxylation is 1. The van der Waals surface area contributed by atoms with E-state index in [0.717, 1.165) is 5.56 Å². The summed E-state index contributed by atoms with van der Waals surface area (Å²) in [5.41, 5.74) is 3.82. The third-order valence-electron chi connectivity index (χ3n) is 3.85. The van der Waals surface area contributed by atoms with Crippen LogP contribution in [0.2, 0.25) is 0 Å². The van der Waals surface area contributed by atoms with E-state index in [1.165, 1.54) is 26.4 Å². The molecular weight excluding hydrogens is 327 g/mol. The first-order chi connectivity index (χ1) is 11.2. The van der Waals surface area contributed by atoms with Gasteiger partial charge in [-0.2, -0.15) is 13.2 Å². The maximum absolute atomic E-state index is 13.0. The molecule has 0 radical (unpaired) electrons. The third-order valence-corrected chi connectivity index (χ3v) is 3.85. The highest BCUT2D eigenvalue weighted by molar-refractivity contribution is 5.75. The topological polar surface area (TPSA) is 86.3 Å². The Morgan fingerprint density at radius 3 is 2.50 bits per heavy atom. The monoisotopic (exact) mass is 345 g/mol. The average molecular weight is 345 g/mol. The molecule has 0 saturated heterocycles. The second-order valence-electron chi connectivity index (χ2n) is 5.42. The summed E-state index contributed by atoms with van der Waals surface area (Å²) in [5.74, 6) is -0.179. The number of hydrogen-bond acceptors (Lipinski definition) is 6. The van der Waals surface area contributed by atoms with Gasteiger partial charge >= 0.3 is 17.8 Å². The number of ether oxygens (including phenoxy) is 2. The molecule has 0 saturated carbocycles. The zero-order valence-corrected chi connectivity index (χ0v) is 13.3. The van der Waals surface area contributed by atoms with Crippen LogP contribution in [0, 0.1) is 0 Å². The van der Waals surface area contributed by atoms with E-state index in [9.17, 15) is 18.0 Å². The molecule has 2 rings (SSSR count). The fraction of sp³-hybridized carbons (Fsp3) is 0.533. The lowest BCUT2D eigenvalue weighted by atomic mass is 9.97. The second kappa shape index (κ2) is 6.76. The number of hydrogen-bond donors (Lipinski definition) is 1. The van der Waals surface area contributed by atoms with Gasteiger partial charge in [0.25, 0.3) is 0 Å². The van der Waals surface area contributed by atoms with Gasteiger partial charge in [0.1, 0.15) is 11.8 Å². The van der Waals surface area contributed by atoms with E-state index in [4.69, 9.17) is 10.5 Å². The number of rotatable bonds is 7. The fourth-order valence-electron chi connectivity index (χ4n) is 2.39. The molecule has 1 aliphatic heterocycles. The molecule has 0 spiro atoms. The van der Waals surface area contributed by atoms with E-state index in [2.05, 4.69) is 15.0 Å². The summed E-state index contributed by atoms with van der Waals surface area (Å²) in [4.78, 5) is 11.2. The number of halogens is 3. The molecule has 24 heavy (non-hydrogen) atoms. The van der Waals surface area contributed by atoms with Gasteiger partial charge in [-0.3, -0.25) is 4.79 Å². The Labute approximate surface area is 136 Å². The van der Waals surface area contributed by atoms with Gasteiger partial charge in [0.2, 0.25) is 0 Å². The second-order valence-corrected chi connectivity index (χ2v) is 5.42. The Balaban J connectivity index is 2.06. The summed E-state index contributed by atoms with van der Waals surface area (Å²) in [6, 6.07) is 3.46. The normalized spacial score (nSPS) is 16.6. The third kappa shape index (κ3) is 3.50. The van der Waals surface area contributed by atoms with E-state index >= 15 is 0 Å². The SMILES string of the molecule is COC(=O)[C@H](N)CCCc1ccc(C2(C(F)(F)F)N=N2)cc1OC. The Morgan fingerprint density at radius 2 is 2.00 bits per heavy atom. The van der Waals surface area contributed by atoms with E-state index < -0.39 is 23.9 Å². The predicted octanol–water partition coefficient (Wildman–Crippen LogP) is 2.70. The minimum absolute atomic E-state index is 0.0816. The molecule has 0 aliphatic carbocycles. The quantitative estimate of drug-likeness (QED) is 0.770. The van der Waals surface area contributed by atoms with E-state index in [0.29, 0.717) is 25.0 Å². The van der Waals surface area contributed by atoms with Crippen molar-refractivity contribution in [2.24, 2.45) is 16.0 Å². The molecule has 0 fully saturated rings. The lowest BCUT2D eigenvalue weighted by molar-refractivity contribution is -0.166. The van der Waals surface area contributed by atoms with Crippen LogP contribution >= 0.6 is 0 Å². The maximum Gasteiger partial charge on any atom is 0.442 e. The Hall–Kier alpha value is -2.16. The number of methoxy groups -OCH3 is 2. The Morgan fingerprint density at radius 1 is 1.33 bits per heavy atom. The van der Waals surface area contributed by atoms with Gasteiger partial charge in [-0.1, -0.05) is 12.1 Å². The molecule has 1 heterocycles. The average Bonchev–Trinajstić information content (AvgIpc) is 3.35. The zero-order chi connectivity index (χ0) is 18.0. The van der Waals surface area contributed by atoms with Crippen molar-refractivity contribution in [3.8, 4) is 5.75 Å². The number of carbonyl (C=O) groups excluding carboxylic acids is 1. The first kappa shape index (κ1) is 18.2. The molecule has 0 aromatic heterocycles. The first-order valence-corrected chi connectivity index (χ1v) is 7.26. The molecule has 1 aromatic rings. The minimum atomic E-state index is -4.58. The van der Waals surface area contributed by atoms with Crippen molar-refractivity contribution in [2.75, 3.05) is 14.2 Å². The summed E-state index contributed by atoms with van der Waals surface area (Å²) >= 11 is 0. The highest BCUT2D eigenvalue weighted by atomic mass is 19.4. The molecule has 9 heteroatoms. The summed E-state index contributed by atoms with van der Waals surface area (Å²) in [6.07, 6.45) is -3.12. The Kier molecular flexibility index (Phi) is 5.12. The fourth-order valence-corrected chi connectivity index (χ4v) is 2.39. The van der Waals surface area contributed by atoms with Crippen LogP contribution in [-0.2, 0) is 21.6 Å². The maximum atomic E-state index is 13.0. The van der Waals surface area contributed by atoms with Gasteiger partial charge in [0, 0.05) is 5.56 Å². The molecule has 1 aromatic carbocycles. The molecular formula is C15H18F3N3O3. The number of benzene rings is 1. The van der Waals surface area contributed by atoms with E-state index in [1.807, 2.05) is 0 Å². The van der Waals surface area contributed by atoms with Crippen LogP contribution in [0.15, 0.2) is 28.4 Å². The van der Waals surface area contributed by atoms with Crippen molar-refractivity contribution < 1.29 is 27.4 Å².